The highest BCUT2D eigenvalue weighted by molar-refractivity contribution is 6.08. The van der Waals surface area contributed by atoms with Crippen LogP contribution >= 0.6 is 0 Å². The van der Waals surface area contributed by atoms with E-state index in [-0.39, 0.29) is 11.3 Å². The van der Waals surface area contributed by atoms with E-state index in [0.29, 0.717) is 5.65 Å². The number of hydrogen-bond acceptors (Lipinski definition) is 3. The number of carbonyl (C=O) groups is 1. The minimum absolute atomic E-state index is 0.209. The number of benzene rings is 1. The standard InChI is InChI=1S/C18H16F2N4O/c19-12-6-7-14(20)15(8-12)23-18(25)13-10-22-24-16-5-3-1-2-4-11(16)9-21-17(13)24/h6-10H,1-5H2,(H,23,25). The van der Waals surface area contributed by atoms with E-state index >= 15 is 0 Å². The van der Waals surface area contributed by atoms with Gasteiger partial charge in [-0.3, -0.25) is 4.79 Å². The molecule has 0 fully saturated rings. The molecule has 2 heterocycles. The van der Waals surface area contributed by atoms with Crippen molar-refractivity contribution in [3.05, 3.63) is 59.0 Å². The number of rotatable bonds is 2. The van der Waals surface area contributed by atoms with Gasteiger partial charge in [-0.05, 0) is 43.4 Å². The Hall–Kier alpha value is -2.83. The highest BCUT2D eigenvalue weighted by atomic mass is 19.1. The third kappa shape index (κ3) is 2.86. The highest BCUT2D eigenvalue weighted by Crippen LogP contribution is 2.23. The zero-order chi connectivity index (χ0) is 17.4. The van der Waals surface area contributed by atoms with E-state index in [9.17, 15) is 13.6 Å². The molecule has 7 heteroatoms. The van der Waals surface area contributed by atoms with Crippen molar-refractivity contribution in [3.8, 4) is 0 Å². The Morgan fingerprint density at radius 1 is 1.12 bits per heavy atom. The molecule has 128 valence electrons. The van der Waals surface area contributed by atoms with E-state index in [4.69, 9.17) is 0 Å². The van der Waals surface area contributed by atoms with Crippen LogP contribution in [0.3, 0.4) is 0 Å². The molecule has 1 amide bonds. The number of fused-ring (bicyclic) bond motifs is 3. The van der Waals surface area contributed by atoms with Crippen molar-refractivity contribution in [2.24, 2.45) is 0 Å². The van der Waals surface area contributed by atoms with E-state index in [1.807, 2.05) is 0 Å². The van der Waals surface area contributed by atoms with E-state index in [0.717, 1.165) is 61.6 Å². The van der Waals surface area contributed by atoms with Crippen molar-refractivity contribution in [3.63, 3.8) is 0 Å². The molecule has 1 N–H and O–H groups in total. The van der Waals surface area contributed by atoms with Gasteiger partial charge in [0, 0.05) is 18.0 Å². The Morgan fingerprint density at radius 3 is 2.84 bits per heavy atom. The second-order valence-corrected chi connectivity index (χ2v) is 6.16. The molecule has 0 aliphatic heterocycles. The SMILES string of the molecule is O=C(Nc1cc(F)ccc1F)c1cnn2c3c(cnc12)CCCCC3. The lowest BCUT2D eigenvalue weighted by atomic mass is 10.1. The second kappa shape index (κ2) is 6.23. The van der Waals surface area contributed by atoms with Crippen molar-refractivity contribution in [1.29, 1.82) is 0 Å². The van der Waals surface area contributed by atoms with Crippen LogP contribution in [0.4, 0.5) is 14.5 Å². The van der Waals surface area contributed by atoms with Crippen molar-refractivity contribution < 1.29 is 13.6 Å². The van der Waals surface area contributed by atoms with Crippen LogP contribution in [0.25, 0.3) is 5.65 Å². The second-order valence-electron chi connectivity index (χ2n) is 6.16. The van der Waals surface area contributed by atoms with E-state index in [1.165, 1.54) is 6.20 Å². The molecule has 0 bridgehead atoms. The minimum Gasteiger partial charge on any atom is -0.319 e. The molecule has 1 aliphatic carbocycles. The summed E-state index contributed by atoms with van der Waals surface area (Å²) in [5, 5.41) is 6.69. The van der Waals surface area contributed by atoms with Crippen molar-refractivity contribution in [1.82, 2.24) is 14.6 Å². The molecule has 25 heavy (non-hydrogen) atoms. The Morgan fingerprint density at radius 2 is 1.96 bits per heavy atom. The zero-order valence-corrected chi connectivity index (χ0v) is 13.4. The summed E-state index contributed by atoms with van der Waals surface area (Å²) in [6.07, 6.45) is 8.39. The van der Waals surface area contributed by atoms with Gasteiger partial charge < -0.3 is 5.32 Å². The fraction of sp³-hybridized carbons (Fsp3) is 0.278. The quantitative estimate of drug-likeness (QED) is 0.725. The minimum atomic E-state index is -0.701. The number of halogens is 2. The molecule has 5 nitrogen and oxygen atoms in total. The van der Waals surface area contributed by atoms with Gasteiger partial charge in [-0.25, -0.2) is 18.3 Å². The summed E-state index contributed by atoms with van der Waals surface area (Å²) < 4.78 is 28.7. The highest BCUT2D eigenvalue weighted by Gasteiger charge is 2.20. The molecule has 0 spiro atoms. The Bertz CT molecular complexity index is 967. The van der Waals surface area contributed by atoms with E-state index in [1.54, 1.807) is 10.7 Å². The lowest BCUT2D eigenvalue weighted by Gasteiger charge is -2.08. The molecule has 0 radical (unpaired) electrons. The van der Waals surface area contributed by atoms with Crippen LogP contribution < -0.4 is 5.32 Å². The number of nitrogens with zero attached hydrogens (tertiary/aromatic N) is 3. The first-order chi connectivity index (χ1) is 12.1. The monoisotopic (exact) mass is 342 g/mol. The lowest BCUT2D eigenvalue weighted by Crippen LogP contribution is -2.14. The topological polar surface area (TPSA) is 59.3 Å². The van der Waals surface area contributed by atoms with Gasteiger partial charge in [0.2, 0.25) is 0 Å². The van der Waals surface area contributed by atoms with Crippen LogP contribution in [0.2, 0.25) is 0 Å². The number of aryl methyl sites for hydroxylation is 2. The van der Waals surface area contributed by atoms with Gasteiger partial charge in [0.1, 0.15) is 17.2 Å². The summed E-state index contributed by atoms with van der Waals surface area (Å²) in [5.41, 5.74) is 2.67. The third-order valence-electron chi connectivity index (χ3n) is 4.49. The van der Waals surface area contributed by atoms with Gasteiger partial charge in [0.05, 0.1) is 11.9 Å². The number of anilines is 1. The van der Waals surface area contributed by atoms with Crippen LogP contribution in [-0.2, 0) is 12.8 Å². The van der Waals surface area contributed by atoms with Gasteiger partial charge in [0.25, 0.3) is 5.91 Å². The molecule has 0 saturated carbocycles. The average Bonchev–Trinajstić information content (AvgIpc) is 2.89. The maximum Gasteiger partial charge on any atom is 0.261 e. The Labute approximate surface area is 142 Å². The van der Waals surface area contributed by atoms with Gasteiger partial charge in [-0.15, -0.1) is 0 Å². The smallest absolute Gasteiger partial charge is 0.261 e. The maximum absolute atomic E-state index is 13.7. The summed E-state index contributed by atoms with van der Waals surface area (Å²) in [5.74, 6) is -1.89. The van der Waals surface area contributed by atoms with Crippen molar-refractivity contribution in [2.45, 2.75) is 32.1 Å². The lowest BCUT2D eigenvalue weighted by molar-refractivity contribution is 0.102. The first kappa shape index (κ1) is 15.7. The molecular weight excluding hydrogens is 326 g/mol. The van der Waals surface area contributed by atoms with Crippen LogP contribution in [0.5, 0.6) is 0 Å². The van der Waals surface area contributed by atoms with Crippen molar-refractivity contribution in [2.75, 3.05) is 5.32 Å². The number of nitrogens with one attached hydrogen (secondary N) is 1. The number of aromatic nitrogens is 3. The van der Waals surface area contributed by atoms with Crippen molar-refractivity contribution >= 4 is 17.2 Å². The molecule has 4 rings (SSSR count). The fourth-order valence-electron chi connectivity index (χ4n) is 3.22. The van der Waals surface area contributed by atoms with Gasteiger partial charge in [-0.2, -0.15) is 5.10 Å². The van der Waals surface area contributed by atoms with Crippen LogP contribution in [0.1, 0.15) is 40.9 Å². The largest absolute Gasteiger partial charge is 0.319 e. The third-order valence-corrected chi connectivity index (χ3v) is 4.49. The van der Waals surface area contributed by atoms with Crippen LogP contribution in [0, 0.1) is 11.6 Å². The summed E-state index contributed by atoms with van der Waals surface area (Å²) in [4.78, 5) is 16.9. The number of carbonyl (C=O) groups excluding carboxylic acids is 1. The van der Waals surface area contributed by atoms with Crippen LogP contribution in [-0.4, -0.2) is 20.5 Å². The zero-order valence-electron chi connectivity index (χ0n) is 13.4. The first-order valence-corrected chi connectivity index (χ1v) is 8.24. The average molecular weight is 342 g/mol. The van der Waals surface area contributed by atoms with Gasteiger partial charge in [0.15, 0.2) is 5.65 Å². The molecule has 1 aliphatic rings. The molecule has 0 atom stereocenters. The molecular formula is C18H16F2N4O. The van der Waals surface area contributed by atoms with Gasteiger partial charge >= 0.3 is 0 Å². The van der Waals surface area contributed by atoms with Gasteiger partial charge in [-0.1, -0.05) is 6.42 Å². The summed E-state index contributed by atoms with van der Waals surface area (Å²) in [7, 11) is 0. The molecule has 0 unspecified atom stereocenters. The Balaban J connectivity index is 1.71. The first-order valence-electron chi connectivity index (χ1n) is 8.24. The maximum atomic E-state index is 13.7. The number of amides is 1. The van der Waals surface area contributed by atoms with E-state index in [2.05, 4.69) is 15.4 Å². The number of hydrogen-bond donors (Lipinski definition) is 1. The summed E-state index contributed by atoms with van der Waals surface area (Å²) in [6.45, 7) is 0. The van der Waals surface area contributed by atoms with E-state index < -0.39 is 17.5 Å². The molecule has 1 aromatic carbocycles. The molecule has 3 aromatic rings. The fourth-order valence-corrected chi connectivity index (χ4v) is 3.22. The summed E-state index contributed by atoms with van der Waals surface area (Å²) >= 11 is 0. The molecule has 0 saturated heterocycles. The summed E-state index contributed by atoms with van der Waals surface area (Å²) in [6, 6.07) is 2.91. The predicted molar refractivity (Wildman–Crippen MR) is 88.6 cm³/mol. The predicted octanol–water partition coefficient (Wildman–Crippen LogP) is 3.53. The van der Waals surface area contributed by atoms with Crippen LogP contribution in [0.15, 0.2) is 30.6 Å². The Kier molecular flexibility index (Phi) is 3.91. The molecule has 2 aromatic heterocycles. The normalized spacial score (nSPS) is 14.2.